The Balaban J connectivity index is 2.46. The topological polar surface area (TPSA) is 29.3 Å². The Hall–Kier alpha value is 0.270. The fourth-order valence-corrected chi connectivity index (χ4v) is 2.75. The van der Waals surface area contributed by atoms with Crippen LogP contribution < -0.4 is 5.73 Å². The van der Waals surface area contributed by atoms with Gasteiger partial charge < -0.3 is 5.73 Å². The summed E-state index contributed by atoms with van der Waals surface area (Å²) in [6.45, 7) is 6.55. The van der Waals surface area contributed by atoms with Gasteiger partial charge >= 0.3 is 0 Å². The van der Waals surface area contributed by atoms with Gasteiger partial charge in [-0.25, -0.2) is 0 Å². The molecular formula is C9H20N2S. The highest BCUT2D eigenvalue weighted by atomic mass is 32.2. The average molecular weight is 188 g/mol. The molecule has 1 saturated heterocycles. The standard InChI is InChI=1S/C9H20N2S/c1-8-3-5-12-6-4-11(8)9(2)7-10/h8-9H,3-7,10H2,1-2H3. The van der Waals surface area contributed by atoms with E-state index in [0.717, 1.165) is 12.6 Å². The van der Waals surface area contributed by atoms with Crippen molar-refractivity contribution in [3.8, 4) is 0 Å². The highest BCUT2D eigenvalue weighted by Crippen LogP contribution is 2.17. The molecule has 1 aliphatic rings. The van der Waals surface area contributed by atoms with Crippen molar-refractivity contribution in [3.63, 3.8) is 0 Å². The lowest BCUT2D eigenvalue weighted by Crippen LogP contribution is -2.44. The van der Waals surface area contributed by atoms with Crippen molar-refractivity contribution >= 4 is 11.8 Å². The fourth-order valence-electron chi connectivity index (χ4n) is 1.70. The molecule has 1 heterocycles. The van der Waals surface area contributed by atoms with Gasteiger partial charge in [0.2, 0.25) is 0 Å². The maximum absolute atomic E-state index is 5.67. The maximum atomic E-state index is 5.67. The summed E-state index contributed by atoms with van der Waals surface area (Å²) in [5.41, 5.74) is 5.67. The van der Waals surface area contributed by atoms with E-state index in [-0.39, 0.29) is 0 Å². The van der Waals surface area contributed by atoms with Gasteiger partial charge in [0.15, 0.2) is 0 Å². The molecule has 2 unspecified atom stereocenters. The minimum absolute atomic E-state index is 0.554. The van der Waals surface area contributed by atoms with Crippen molar-refractivity contribution in [2.75, 3.05) is 24.6 Å². The first-order valence-electron chi connectivity index (χ1n) is 4.79. The average Bonchev–Trinajstić information content (AvgIpc) is 2.28. The lowest BCUT2D eigenvalue weighted by atomic mass is 10.1. The maximum Gasteiger partial charge on any atom is 0.0193 e. The second-order valence-corrected chi connectivity index (χ2v) is 4.80. The van der Waals surface area contributed by atoms with Gasteiger partial charge in [0, 0.05) is 30.9 Å². The second kappa shape index (κ2) is 5.10. The molecule has 0 amide bonds. The van der Waals surface area contributed by atoms with E-state index in [4.69, 9.17) is 5.73 Å². The molecule has 0 spiro atoms. The minimum atomic E-state index is 0.554. The van der Waals surface area contributed by atoms with Crippen molar-refractivity contribution in [1.29, 1.82) is 0 Å². The quantitative estimate of drug-likeness (QED) is 0.705. The molecule has 0 aromatic carbocycles. The summed E-state index contributed by atoms with van der Waals surface area (Å²) in [4.78, 5) is 2.54. The molecule has 1 aliphatic heterocycles. The van der Waals surface area contributed by atoms with Crippen molar-refractivity contribution < 1.29 is 0 Å². The molecule has 2 nitrogen and oxygen atoms in total. The van der Waals surface area contributed by atoms with Gasteiger partial charge in [-0.05, 0) is 26.0 Å². The number of nitrogens with zero attached hydrogens (tertiary/aromatic N) is 1. The first kappa shape index (κ1) is 10.4. The second-order valence-electron chi connectivity index (χ2n) is 3.57. The van der Waals surface area contributed by atoms with Crippen molar-refractivity contribution in [2.24, 2.45) is 5.73 Å². The molecule has 0 aliphatic carbocycles. The lowest BCUT2D eigenvalue weighted by molar-refractivity contribution is 0.168. The summed E-state index contributed by atoms with van der Waals surface area (Å²) >= 11 is 2.07. The molecular weight excluding hydrogens is 168 g/mol. The predicted octanol–water partition coefficient (Wildman–Crippen LogP) is 1.16. The Labute approximate surface area is 79.9 Å². The van der Waals surface area contributed by atoms with E-state index in [1.807, 2.05) is 0 Å². The number of nitrogens with two attached hydrogens (primary N) is 1. The van der Waals surface area contributed by atoms with Gasteiger partial charge in [-0.1, -0.05) is 0 Å². The zero-order valence-electron chi connectivity index (χ0n) is 8.12. The highest BCUT2D eigenvalue weighted by molar-refractivity contribution is 7.99. The van der Waals surface area contributed by atoms with Gasteiger partial charge in [0.25, 0.3) is 0 Å². The number of hydrogen-bond donors (Lipinski definition) is 1. The van der Waals surface area contributed by atoms with Crippen LogP contribution >= 0.6 is 11.8 Å². The molecule has 1 rings (SSSR count). The Bertz CT molecular complexity index is 130. The van der Waals surface area contributed by atoms with Gasteiger partial charge in [-0.2, -0.15) is 11.8 Å². The zero-order valence-corrected chi connectivity index (χ0v) is 8.94. The number of hydrogen-bond acceptors (Lipinski definition) is 3. The van der Waals surface area contributed by atoms with Crippen LogP contribution in [0.2, 0.25) is 0 Å². The normalized spacial score (nSPS) is 29.8. The SMILES string of the molecule is CC(CN)N1CCSCCC1C. The van der Waals surface area contributed by atoms with E-state index < -0.39 is 0 Å². The Morgan fingerprint density at radius 3 is 3.00 bits per heavy atom. The molecule has 3 heteroatoms. The summed E-state index contributed by atoms with van der Waals surface area (Å²) < 4.78 is 0. The molecule has 0 aromatic heterocycles. The van der Waals surface area contributed by atoms with Crippen LogP contribution in [0.5, 0.6) is 0 Å². The molecule has 0 saturated carbocycles. The smallest absolute Gasteiger partial charge is 0.0193 e. The largest absolute Gasteiger partial charge is 0.329 e. The van der Waals surface area contributed by atoms with Crippen molar-refractivity contribution in [1.82, 2.24) is 4.90 Å². The van der Waals surface area contributed by atoms with Gasteiger partial charge in [0.05, 0.1) is 0 Å². The van der Waals surface area contributed by atoms with Crippen molar-refractivity contribution in [2.45, 2.75) is 32.4 Å². The molecule has 12 heavy (non-hydrogen) atoms. The van der Waals surface area contributed by atoms with E-state index >= 15 is 0 Å². The summed E-state index contributed by atoms with van der Waals surface area (Å²) in [6.07, 6.45) is 1.31. The lowest BCUT2D eigenvalue weighted by Gasteiger charge is -2.31. The van der Waals surface area contributed by atoms with Crippen LogP contribution in [-0.4, -0.2) is 41.6 Å². The summed E-state index contributed by atoms with van der Waals surface area (Å²) in [5, 5.41) is 0. The van der Waals surface area contributed by atoms with E-state index in [1.54, 1.807) is 0 Å². The van der Waals surface area contributed by atoms with E-state index in [0.29, 0.717) is 6.04 Å². The fraction of sp³-hybridized carbons (Fsp3) is 1.00. The molecule has 0 radical (unpaired) electrons. The van der Waals surface area contributed by atoms with Crippen LogP contribution in [0.3, 0.4) is 0 Å². The van der Waals surface area contributed by atoms with E-state index in [9.17, 15) is 0 Å². The third-order valence-electron chi connectivity index (χ3n) is 2.65. The minimum Gasteiger partial charge on any atom is -0.329 e. The summed E-state index contributed by atoms with van der Waals surface area (Å²) in [6, 6.07) is 1.28. The van der Waals surface area contributed by atoms with E-state index in [2.05, 4.69) is 30.5 Å². The number of thioether (sulfide) groups is 1. The van der Waals surface area contributed by atoms with E-state index in [1.165, 1.54) is 24.5 Å². The molecule has 1 fully saturated rings. The van der Waals surface area contributed by atoms with Crippen LogP contribution in [0, 0.1) is 0 Å². The van der Waals surface area contributed by atoms with Crippen LogP contribution in [0.1, 0.15) is 20.3 Å². The van der Waals surface area contributed by atoms with Gasteiger partial charge in [0.1, 0.15) is 0 Å². The number of rotatable bonds is 2. The Morgan fingerprint density at radius 2 is 2.33 bits per heavy atom. The Kier molecular flexibility index (Phi) is 4.40. The van der Waals surface area contributed by atoms with Crippen molar-refractivity contribution in [3.05, 3.63) is 0 Å². The first-order chi connectivity index (χ1) is 5.75. The molecule has 2 N–H and O–H groups in total. The molecule has 72 valence electrons. The third-order valence-corrected chi connectivity index (χ3v) is 3.64. The molecule has 0 bridgehead atoms. The molecule has 0 aromatic rings. The Morgan fingerprint density at radius 1 is 1.58 bits per heavy atom. The summed E-state index contributed by atoms with van der Waals surface area (Å²) in [7, 11) is 0. The third kappa shape index (κ3) is 2.64. The van der Waals surface area contributed by atoms with Crippen LogP contribution in [-0.2, 0) is 0 Å². The van der Waals surface area contributed by atoms with Crippen LogP contribution in [0.4, 0.5) is 0 Å². The summed E-state index contributed by atoms with van der Waals surface area (Å²) in [5.74, 6) is 2.59. The predicted molar refractivity (Wildman–Crippen MR) is 56.6 cm³/mol. The highest BCUT2D eigenvalue weighted by Gasteiger charge is 2.20. The van der Waals surface area contributed by atoms with Gasteiger partial charge in [-0.15, -0.1) is 0 Å². The first-order valence-corrected chi connectivity index (χ1v) is 5.94. The van der Waals surface area contributed by atoms with Crippen LogP contribution in [0.25, 0.3) is 0 Å². The monoisotopic (exact) mass is 188 g/mol. The van der Waals surface area contributed by atoms with Gasteiger partial charge in [-0.3, -0.25) is 4.90 Å². The molecule has 2 atom stereocenters. The van der Waals surface area contributed by atoms with Crippen LogP contribution in [0.15, 0.2) is 0 Å². The zero-order chi connectivity index (χ0) is 8.97.